The van der Waals surface area contributed by atoms with Gasteiger partial charge in [0.05, 0.1) is 5.52 Å². The zero-order chi connectivity index (χ0) is 14.0. The number of carbonyl (C=O) groups excluding carboxylic acids is 1. The van der Waals surface area contributed by atoms with Crippen molar-refractivity contribution in [2.45, 2.75) is 26.4 Å². The van der Waals surface area contributed by atoms with Crippen molar-refractivity contribution in [1.29, 1.82) is 0 Å². The van der Waals surface area contributed by atoms with Crippen molar-refractivity contribution < 1.29 is 14.7 Å². The molecule has 1 atom stereocenters. The third kappa shape index (κ3) is 2.54. The largest absolute Gasteiger partial charge is 0.480 e. The summed E-state index contributed by atoms with van der Waals surface area (Å²) in [4.78, 5) is 22.5. The van der Waals surface area contributed by atoms with Gasteiger partial charge >= 0.3 is 5.97 Å². The summed E-state index contributed by atoms with van der Waals surface area (Å²) in [7, 11) is 0. The van der Waals surface area contributed by atoms with Crippen LogP contribution >= 0.6 is 0 Å². The van der Waals surface area contributed by atoms with E-state index in [1.165, 1.54) is 6.92 Å². The van der Waals surface area contributed by atoms with Gasteiger partial charge in [-0.15, -0.1) is 5.10 Å². The first-order chi connectivity index (χ1) is 9.02. The molecule has 0 aliphatic carbocycles. The Hall–Kier alpha value is -2.44. The standard InChI is InChI=1S/C12H14N4O3/c1-3-16-10-5-4-8(6-9(10)14-15-16)11(17)13-7(2)12(18)19/h4-7H,3H2,1-2H3,(H,13,17)(H,18,19)/t7-/m1/s1. The Morgan fingerprint density at radius 2 is 2.21 bits per heavy atom. The molecular formula is C12H14N4O3. The van der Waals surface area contributed by atoms with Crippen molar-refractivity contribution >= 4 is 22.9 Å². The number of amides is 1. The van der Waals surface area contributed by atoms with Gasteiger partial charge in [-0.25, -0.2) is 4.68 Å². The molecule has 0 unspecified atom stereocenters. The molecule has 7 nitrogen and oxygen atoms in total. The first-order valence-corrected chi connectivity index (χ1v) is 5.90. The highest BCUT2D eigenvalue weighted by atomic mass is 16.4. The third-order valence-corrected chi connectivity index (χ3v) is 2.79. The number of aryl methyl sites for hydroxylation is 1. The molecule has 100 valence electrons. The molecule has 19 heavy (non-hydrogen) atoms. The Balaban J connectivity index is 2.26. The van der Waals surface area contributed by atoms with E-state index < -0.39 is 17.9 Å². The van der Waals surface area contributed by atoms with Crippen molar-refractivity contribution in [3.63, 3.8) is 0 Å². The highest BCUT2D eigenvalue weighted by molar-refractivity contribution is 5.98. The molecule has 1 aromatic heterocycles. The average Bonchev–Trinajstić information content (AvgIpc) is 2.80. The summed E-state index contributed by atoms with van der Waals surface area (Å²) in [5, 5.41) is 19.0. The number of nitrogens with one attached hydrogen (secondary N) is 1. The second-order valence-electron chi connectivity index (χ2n) is 4.14. The predicted molar refractivity (Wildman–Crippen MR) is 67.8 cm³/mol. The maximum atomic E-state index is 11.9. The Morgan fingerprint density at radius 3 is 2.84 bits per heavy atom. The second-order valence-corrected chi connectivity index (χ2v) is 4.14. The van der Waals surface area contributed by atoms with Gasteiger partial charge in [-0.05, 0) is 32.0 Å². The van der Waals surface area contributed by atoms with Crippen LogP contribution in [0.2, 0.25) is 0 Å². The summed E-state index contributed by atoms with van der Waals surface area (Å²) in [5.74, 6) is -1.52. The maximum absolute atomic E-state index is 11.9. The maximum Gasteiger partial charge on any atom is 0.325 e. The van der Waals surface area contributed by atoms with Crippen LogP contribution in [0.15, 0.2) is 18.2 Å². The van der Waals surface area contributed by atoms with Gasteiger partial charge in [0.1, 0.15) is 11.6 Å². The van der Waals surface area contributed by atoms with Gasteiger partial charge < -0.3 is 10.4 Å². The summed E-state index contributed by atoms with van der Waals surface area (Å²) in [6, 6.07) is 4.04. The molecular weight excluding hydrogens is 248 g/mol. The fourth-order valence-electron chi connectivity index (χ4n) is 1.69. The summed E-state index contributed by atoms with van der Waals surface area (Å²) in [6.45, 7) is 4.05. The molecule has 0 saturated carbocycles. The number of fused-ring (bicyclic) bond motifs is 1. The van der Waals surface area contributed by atoms with E-state index in [1.54, 1.807) is 22.9 Å². The summed E-state index contributed by atoms with van der Waals surface area (Å²) in [5.41, 5.74) is 1.81. The lowest BCUT2D eigenvalue weighted by Crippen LogP contribution is -2.38. The van der Waals surface area contributed by atoms with Crippen LogP contribution in [0.25, 0.3) is 11.0 Å². The van der Waals surface area contributed by atoms with E-state index in [-0.39, 0.29) is 0 Å². The minimum atomic E-state index is -1.08. The molecule has 1 amide bonds. The zero-order valence-electron chi connectivity index (χ0n) is 10.6. The number of carboxylic acids is 1. The molecule has 0 spiro atoms. The van der Waals surface area contributed by atoms with Crippen molar-refractivity contribution in [1.82, 2.24) is 20.3 Å². The number of aromatic nitrogens is 3. The molecule has 2 aromatic rings. The minimum Gasteiger partial charge on any atom is -0.480 e. The Kier molecular flexibility index (Phi) is 3.46. The zero-order valence-corrected chi connectivity index (χ0v) is 10.6. The van der Waals surface area contributed by atoms with Gasteiger partial charge in [0.25, 0.3) is 5.91 Å². The van der Waals surface area contributed by atoms with Crippen LogP contribution in [-0.2, 0) is 11.3 Å². The highest BCUT2D eigenvalue weighted by Crippen LogP contribution is 2.13. The van der Waals surface area contributed by atoms with Crippen LogP contribution < -0.4 is 5.32 Å². The number of carboxylic acid groups (broad SMARTS) is 1. The van der Waals surface area contributed by atoms with Gasteiger partial charge in [0.15, 0.2) is 0 Å². The van der Waals surface area contributed by atoms with E-state index in [9.17, 15) is 9.59 Å². The topological polar surface area (TPSA) is 97.1 Å². The molecule has 0 aliphatic heterocycles. The van der Waals surface area contributed by atoms with E-state index >= 15 is 0 Å². The summed E-state index contributed by atoms with van der Waals surface area (Å²) < 4.78 is 1.72. The first kappa shape index (κ1) is 13.0. The van der Waals surface area contributed by atoms with Crippen molar-refractivity contribution in [2.75, 3.05) is 0 Å². The summed E-state index contributed by atoms with van der Waals surface area (Å²) >= 11 is 0. The average molecular weight is 262 g/mol. The molecule has 0 radical (unpaired) electrons. The molecule has 2 rings (SSSR count). The minimum absolute atomic E-state index is 0.365. The number of carbonyl (C=O) groups is 2. The fraction of sp³-hybridized carbons (Fsp3) is 0.333. The van der Waals surface area contributed by atoms with Crippen LogP contribution in [0.1, 0.15) is 24.2 Å². The molecule has 0 bridgehead atoms. The fourth-order valence-corrected chi connectivity index (χ4v) is 1.69. The van der Waals surface area contributed by atoms with Gasteiger partial charge in [-0.2, -0.15) is 0 Å². The van der Waals surface area contributed by atoms with Crippen LogP contribution in [0.5, 0.6) is 0 Å². The lowest BCUT2D eigenvalue weighted by atomic mass is 10.1. The lowest BCUT2D eigenvalue weighted by Gasteiger charge is -2.09. The molecule has 2 N–H and O–H groups in total. The van der Waals surface area contributed by atoms with Gasteiger partial charge in [0.2, 0.25) is 0 Å². The molecule has 7 heteroatoms. The van der Waals surface area contributed by atoms with Crippen molar-refractivity contribution in [3.05, 3.63) is 23.8 Å². The Morgan fingerprint density at radius 1 is 1.47 bits per heavy atom. The van der Waals surface area contributed by atoms with Crippen LogP contribution in [0, 0.1) is 0 Å². The second kappa shape index (κ2) is 5.05. The van der Waals surface area contributed by atoms with Crippen LogP contribution in [0.4, 0.5) is 0 Å². The normalized spacial score (nSPS) is 12.3. The number of nitrogens with zero attached hydrogens (tertiary/aromatic N) is 3. The van der Waals surface area contributed by atoms with Crippen LogP contribution in [0.3, 0.4) is 0 Å². The molecule has 1 heterocycles. The predicted octanol–water partition coefficient (Wildman–Crippen LogP) is 0.654. The monoisotopic (exact) mass is 262 g/mol. The quantitative estimate of drug-likeness (QED) is 0.843. The molecule has 0 saturated heterocycles. The van der Waals surface area contributed by atoms with E-state index in [2.05, 4.69) is 15.6 Å². The van der Waals surface area contributed by atoms with Crippen molar-refractivity contribution in [2.24, 2.45) is 0 Å². The number of hydrogen-bond acceptors (Lipinski definition) is 4. The third-order valence-electron chi connectivity index (χ3n) is 2.79. The van der Waals surface area contributed by atoms with E-state index in [4.69, 9.17) is 5.11 Å². The Bertz CT molecular complexity index is 635. The van der Waals surface area contributed by atoms with E-state index in [0.717, 1.165) is 5.52 Å². The number of rotatable bonds is 4. The van der Waals surface area contributed by atoms with Gasteiger partial charge in [-0.1, -0.05) is 5.21 Å². The lowest BCUT2D eigenvalue weighted by molar-refractivity contribution is -0.138. The van der Waals surface area contributed by atoms with Gasteiger partial charge in [-0.3, -0.25) is 9.59 Å². The smallest absolute Gasteiger partial charge is 0.325 e. The number of aliphatic carboxylic acids is 1. The Labute approximate surface area is 109 Å². The molecule has 0 aliphatic rings. The highest BCUT2D eigenvalue weighted by Gasteiger charge is 2.16. The number of hydrogen-bond donors (Lipinski definition) is 2. The molecule has 1 aromatic carbocycles. The van der Waals surface area contributed by atoms with Crippen molar-refractivity contribution in [3.8, 4) is 0 Å². The van der Waals surface area contributed by atoms with Gasteiger partial charge in [0, 0.05) is 12.1 Å². The summed E-state index contributed by atoms with van der Waals surface area (Å²) in [6.07, 6.45) is 0. The number of benzene rings is 1. The molecule has 0 fully saturated rings. The van der Waals surface area contributed by atoms with Crippen LogP contribution in [-0.4, -0.2) is 38.0 Å². The van der Waals surface area contributed by atoms with E-state index in [0.29, 0.717) is 17.6 Å². The SMILES string of the molecule is CCn1nnc2cc(C(=O)N[C@H](C)C(=O)O)ccc21. The first-order valence-electron chi connectivity index (χ1n) is 5.90. The van der Waals surface area contributed by atoms with E-state index in [1.807, 2.05) is 6.92 Å².